The molecule has 0 aliphatic carbocycles. The smallest absolute Gasteiger partial charge is 0.387 e. The standard InChI is InChI=1S/C26H24F2N2O6/c1-16-7-9-17(10-8-16)14-29-24(32)19-5-3-4-6-20(19)30-23(31)15-35-25(33)18-11-12-21(36-26(27)28)22(13-18)34-2/h3-13,26H,14-15H2,1-2H3,(H,29,32)(H,30,31). The molecule has 0 fully saturated rings. The number of carbonyl (C=O) groups excluding carboxylic acids is 3. The number of alkyl halides is 2. The molecule has 0 unspecified atom stereocenters. The lowest BCUT2D eigenvalue weighted by atomic mass is 10.1. The topological polar surface area (TPSA) is 103 Å². The van der Waals surface area contributed by atoms with Crippen LogP contribution in [-0.4, -0.2) is 38.1 Å². The van der Waals surface area contributed by atoms with Crippen molar-refractivity contribution in [2.75, 3.05) is 19.0 Å². The van der Waals surface area contributed by atoms with Crippen molar-refractivity contribution in [1.29, 1.82) is 0 Å². The van der Waals surface area contributed by atoms with E-state index in [1.54, 1.807) is 24.3 Å². The van der Waals surface area contributed by atoms with E-state index in [0.29, 0.717) is 6.54 Å². The van der Waals surface area contributed by atoms with Gasteiger partial charge in [0.15, 0.2) is 18.1 Å². The van der Waals surface area contributed by atoms with Gasteiger partial charge in [-0.05, 0) is 42.8 Å². The predicted molar refractivity (Wildman–Crippen MR) is 127 cm³/mol. The fourth-order valence-electron chi connectivity index (χ4n) is 3.16. The second-order valence-corrected chi connectivity index (χ2v) is 7.58. The van der Waals surface area contributed by atoms with E-state index in [1.165, 1.54) is 13.2 Å². The number of aryl methyl sites for hydroxylation is 1. The summed E-state index contributed by atoms with van der Waals surface area (Å²) < 4.78 is 39.2. The van der Waals surface area contributed by atoms with Crippen molar-refractivity contribution in [2.24, 2.45) is 0 Å². The summed E-state index contributed by atoms with van der Waals surface area (Å²) in [6.07, 6.45) is 0. The van der Waals surface area contributed by atoms with Crippen molar-refractivity contribution in [1.82, 2.24) is 5.32 Å². The maximum Gasteiger partial charge on any atom is 0.387 e. The first kappa shape index (κ1) is 26.1. The van der Waals surface area contributed by atoms with Crippen LogP contribution in [0.1, 0.15) is 31.8 Å². The van der Waals surface area contributed by atoms with Gasteiger partial charge in [-0.15, -0.1) is 0 Å². The maximum atomic E-state index is 12.7. The zero-order valence-corrected chi connectivity index (χ0v) is 19.5. The Morgan fingerprint density at radius 3 is 2.36 bits per heavy atom. The molecular formula is C26H24F2N2O6. The number of amides is 2. The fourth-order valence-corrected chi connectivity index (χ4v) is 3.16. The Balaban J connectivity index is 1.58. The molecule has 2 amide bonds. The van der Waals surface area contributed by atoms with Gasteiger partial charge in [0.1, 0.15) is 0 Å². The van der Waals surface area contributed by atoms with Crippen molar-refractivity contribution in [3.63, 3.8) is 0 Å². The van der Waals surface area contributed by atoms with Gasteiger partial charge in [-0.3, -0.25) is 9.59 Å². The molecule has 3 aromatic rings. The first-order valence-electron chi connectivity index (χ1n) is 10.8. The highest BCUT2D eigenvalue weighted by Crippen LogP contribution is 2.29. The first-order valence-corrected chi connectivity index (χ1v) is 10.8. The Kier molecular flexibility index (Phi) is 8.93. The minimum absolute atomic E-state index is 0.0304. The molecule has 0 atom stereocenters. The van der Waals surface area contributed by atoms with E-state index in [-0.39, 0.29) is 34.2 Å². The second kappa shape index (κ2) is 12.3. The van der Waals surface area contributed by atoms with E-state index >= 15 is 0 Å². The number of methoxy groups -OCH3 is 1. The number of benzene rings is 3. The number of hydrogen-bond acceptors (Lipinski definition) is 6. The summed E-state index contributed by atoms with van der Waals surface area (Å²) in [5.74, 6) is -2.29. The Morgan fingerprint density at radius 1 is 0.944 bits per heavy atom. The third kappa shape index (κ3) is 7.26. The van der Waals surface area contributed by atoms with Crippen LogP contribution in [-0.2, 0) is 16.1 Å². The summed E-state index contributed by atoms with van der Waals surface area (Å²) in [4.78, 5) is 37.4. The third-order valence-electron chi connectivity index (χ3n) is 4.97. The number of anilines is 1. The van der Waals surface area contributed by atoms with Crippen LogP contribution in [0, 0.1) is 6.92 Å². The van der Waals surface area contributed by atoms with Gasteiger partial charge in [0.2, 0.25) is 0 Å². The first-order chi connectivity index (χ1) is 17.3. The van der Waals surface area contributed by atoms with Crippen molar-refractivity contribution < 1.29 is 37.4 Å². The van der Waals surface area contributed by atoms with Crippen LogP contribution in [0.15, 0.2) is 66.7 Å². The number of hydrogen-bond donors (Lipinski definition) is 2. The van der Waals surface area contributed by atoms with Crippen molar-refractivity contribution in [3.8, 4) is 11.5 Å². The molecule has 3 aromatic carbocycles. The van der Waals surface area contributed by atoms with Gasteiger partial charge in [0, 0.05) is 6.54 Å². The summed E-state index contributed by atoms with van der Waals surface area (Å²) in [5, 5.41) is 5.35. The van der Waals surface area contributed by atoms with Crippen LogP contribution in [0.5, 0.6) is 11.5 Å². The van der Waals surface area contributed by atoms with Crippen molar-refractivity contribution in [3.05, 3.63) is 89.0 Å². The fraction of sp³-hybridized carbons (Fsp3) is 0.192. The van der Waals surface area contributed by atoms with Crippen LogP contribution < -0.4 is 20.1 Å². The Morgan fingerprint density at radius 2 is 1.67 bits per heavy atom. The number of halogens is 2. The molecule has 2 N–H and O–H groups in total. The Labute approximate surface area is 206 Å². The molecule has 0 spiro atoms. The lowest BCUT2D eigenvalue weighted by Crippen LogP contribution is -2.26. The van der Waals surface area contributed by atoms with Crippen LogP contribution in [0.2, 0.25) is 0 Å². The highest BCUT2D eigenvalue weighted by molar-refractivity contribution is 6.04. The molecule has 0 saturated heterocycles. The molecule has 0 aromatic heterocycles. The average molecular weight is 498 g/mol. The molecular weight excluding hydrogens is 474 g/mol. The molecule has 0 aliphatic rings. The predicted octanol–water partition coefficient (Wildman–Crippen LogP) is 4.33. The number of rotatable bonds is 10. The van der Waals surface area contributed by atoms with Gasteiger partial charge in [-0.25, -0.2) is 4.79 Å². The van der Waals surface area contributed by atoms with Crippen LogP contribution in [0.4, 0.5) is 14.5 Å². The number of nitrogens with one attached hydrogen (secondary N) is 2. The van der Waals surface area contributed by atoms with Gasteiger partial charge in [-0.1, -0.05) is 42.0 Å². The van der Waals surface area contributed by atoms with Crippen LogP contribution in [0.3, 0.4) is 0 Å². The van der Waals surface area contributed by atoms with Gasteiger partial charge < -0.3 is 24.8 Å². The Hall–Kier alpha value is -4.47. The quantitative estimate of drug-likeness (QED) is 0.404. The maximum absolute atomic E-state index is 12.7. The Bertz CT molecular complexity index is 1230. The molecule has 0 bridgehead atoms. The average Bonchev–Trinajstić information content (AvgIpc) is 2.87. The zero-order valence-electron chi connectivity index (χ0n) is 19.5. The highest BCUT2D eigenvalue weighted by atomic mass is 19.3. The van der Waals surface area contributed by atoms with Crippen molar-refractivity contribution >= 4 is 23.5 Å². The molecule has 3 rings (SSSR count). The van der Waals surface area contributed by atoms with Gasteiger partial charge in [-0.2, -0.15) is 8.78 Å². The summed E-state index contributed by atoms with van der Waals surface area (Å²) in [5.41, 5.74) is 2.49. The minimum Gasteiger partial charge on any atom is -0.493 e. The lowest BCUT2D eigenvalue weighted by Gasteiger charge is -2.13. The minimum atomic E-state index is -3.06. The van der Waals surface area contributed by atoms with E-state index in [0.717, 1.165) is 23.3 Å². The molecule has 36 heavy (non-hydrogen) atoms. The SMILES string of the molecule is COc1cc(C(=O)OCC(=O)Nc2ccccc2C(=O)NCc2ccc(C)cc2)ccc1OC(F)F. The summed E-state index contributed by atoms with van der Waals surface area (Å²) >= 11 is 0. The molecule has 8 nitrogen and oxygen atoms in total. The van der Waals surface area contributed by atoms with E-state index < -0.39 is 25.1 Å². The lowest BCUT2D eigenvalue weighted by molar-refractivity contribution is -0.119. The number of ether oxygens (including phenoxy) is 3. The second-order valence-electron chi connectivity index (χ2n) is 7.58. The number of esters is 1. The summed E-state index contributed by atoms with van der Waals surface area (Å²) in [7, 11) is 1.23. The largest absolute Gasteiger partial charge is 0.493 e. The zero-order chi connectivity index (χ0) is 26.1. The van der Waals surface area contributed by atoms with E-state index in [9.17, 15) is 23.2 Å². The third-order valence-corrected chi connectivity index (χ3v) is 4.97. The highest BCUT2D eigenvalue weighted by Gasteiger charge is 2.17. The molecule has 10 heteroatoms. The number of para-hydroxylation sites is 1. The van der Waals surface area contributed by atoms with Crippen LogP contribution in [0.25, 0.3) is 0 Å². The van der Waals surface area contributed by atoms with Gasteiger partial charge in [0.25, 0.3) is 11.8 Å². The van der Waals surface area contributed by atoms with E-state index in [1.807, 2.05) is 31.2 Å². The molecule has 0 radical (unpaired) electrons. The van der Waals surface area contributed by atoms with Crippen LogP contribution >= 0.6 is 0 Å². The summed E-state index contributed by atoms with van der Waals surface area (Å²) in [6.45, 7) is -1.43. The van der Waals surface area contributed by atoms with Gasteiger partial charge >= 0.3 is 12.6 Å². The normalized spacial score (nSPS) is 10.5. The van der Waals surface area contributed by atoms with E-state index in [2.05, 4.69) is 15.4 Å². The monoisotopic (exact) mass is 498 g/mol. The van der Waals surface area contributed by atoms with E-state index in [4.69, 9.17) is 9.47 Å². The number of carbonyl (C=O) groups is 3. The van der Waals surface area contributed by atoms with Crippen molar-refractivity contribution in [2.45, 2.75) is 20.1 Å². The van der Waals surface area contributed by atoms with Gasteiger partial charge in [0.05, 0.1) is 23.9 Å². The molecule has 188 valence electrons. The molecule has 0 heterocycles. The molecule has 0 saturated carbocycles. The summed E-state index contributed by atoms with van der Waals surface area (Å²) in [6, 6.07) is 17.6. The molecule has 0 aliphatic heterocycles.